The average molecular weight is 360 g/mol. The SMILES string of the molecule is CCC1(C)NC(=O)N(/N=C/c2c(-c3ccccc3)[nH]c3ccccc23)C1=O. The highest BCUT2D eigenvalue weighted by Gasteiger charge is 2.46. The van der Waals surface area contributed by atoms with Gasteiger partial charge in [0.05, 0.1) is 11.9 Å². The Labute approximate surface area is 156 Å². The Morgan fingerprint density at radius 2 is 1.78 bits per heavy atom. The number of nitrogens with zero attached hydrogens (tertiary/aromatic N) is 2. The van der Waals surface area contributed by atoms with E-state index in [1.165, 1.54) is 0 Å². The third-order valence-electron chi connectivity index (χ3n) is 5.06. The minimum atomic E-state index is -0.906. The molecule has 3 aromatic rings. The molecule has 1 unspecified atom stereocenters. The Morgan fingerprint density at radius 1 is 1.07 bits per heavy atom. The van der Waals surface area contributed by atoms with E-state index in [1.807, 2.05) is 61.5 Å². The molecule has 0 saturated carbocycles. The monoisotopic (exact) mass is 360 g/mol. The van der Waals surface area contributed by atoms with Gasteiger partial charge in [-0.05, 0) is 25.0 Å². The van der Waals surface area contributed by atoms with E-state index in [4.69, 9.17) is 0 Å². The van der Waals surface area contributed by atoms with Crippen LogP contribution in [-0.2, 0) is 4.79 Å². The van der Waals surface area contributed by atoms with Gasteiger partial charge in [0, 0.05) is 16.5 Å². The van der Waals surface area contributed by atoms with E-state index >= 15 is 0 Å². The molecule has 0 radical (unpaired) electrons. The number of hydrazone groups is 1. The highest BCUT2D eigenvalue weighted by molar-refractivity contribution is 6.09. The molecule has 1 atom stereocenters. The fourth-order valence-electron chi connectivity index (χ4n) is 3.26. The molecule has 1 aliphatic heterocycles. The summed E-state index contributed by atoms with van der Waals surface area (Å²) in [4.78, 5) is 28.2. The number of hydrogen-bond donors (Lipinski definition) is 2. The predicted octanol–water partition coefficient (Wildman–Crippen LogP) is 3.89. The number of aromatic amines is 1. The summed E-state index contributed by atoms with van der Waals surface area (Å²) in [5.41, 5.74) is 2.80. The standard InChI is InChI=1S/C21H20N4O2/c1-3-21(2)19(26)25(20(27)24-21)22-13-16-15-11-7-8-12-17(15)23-18(16)14-9-5-4-6-10-14/h4-13,23H,3H2,1-2H3,(H,24,27)/b22-13+. The molecule has 136 valence electrons. The van der Waals surface area contributed by atoms with Crippen LogP contribution in [0.25, 0.3) is 22.2 Å². The number of nitrogens with one attached hydrogen (secondary N) is 2. The van der Waals surface area contributed by atoms with Crippen molar-refractivity contribution in [3.05, 3.63) is 60.2 Å². The van der Waals surface area contributed by atoms with Crippen LogP contribution in [0.1, 0.15) is 25.8 Å². The van der Waals surface area contributed by atoms with Gasteiger partial charge >= 0.3 is 6.03 Å². The van der Waals surface area contributed by atoms with E-state index in [9.17, 15) is 9.59 Å². The number of amides is 3. The quantitative estimate of drug-likeness (QED) is 0.547. The first-order chi connectivity index (χ1) is 13.0. The maximum absolute atomic E-state index is 12.6. The highest BCUT2D eigenvalue weighted by atomic mass is 16.2. The van der Waals surface area contributed by atoms with Crippen molar-refractivity contribution in [2.24, 2.45) is 5.10 Å². The second-order valence-corrected chi connectivity index (χ2v) is 6.80. The molecule has 0 bridgehead atoms. The topological polar surface area (TPSA) is 77.6 Å². The molecule has 1 aromatic heterocycles. The first-order valence-electron chi connectivity index (χ1n) is 8.90. The minimum absolute atomic E-state index is 0.340. The molecule has 27 heavy (non-hydrogen) atoms. The summed E-state index contributed by atoms with van der Waals surface area (Å²) >= 11 is 0. The Kier molecular flexibility index (Phi) is 4.03. The Morgan fingerprint density at radius 3 is 2.48 bits per heavy atom. The number of benzene rings is 2. The summed E-state index contributed by atoms with van der Waals surface area (Å²) in [6.07, 6.45) is 2.09. The smallest absolute Gasteiger partial charge is 0.346 e. The number of aromatic nitrogens is 1. The second-order valence-electron chi connectivity index (χ2n) is 6.80. The third kappa shape index (κ3) is 2.79. The molecule has 2 heterocycles. The molecule has 4 rings (SSSR count). The largest absolute Gasteiger partial charge is 0.354 e. The van der Waals surface area contributed by atoms with E-state index in [-0.39, 0.29) is 5.91 Å². The van der Waals surface area contributed by atoms with Gasteiger partial charge in [-0.15, -0.1) is 5.01 Å². The summed E-state index contributed by atoms with van der Waals surface area (Å²) in [7, 11) is 0. The Bertz CT molecular complexity index is 1050. The highest BCUT2D eigenvalue weighted by Crippen LogP contribution is 2.29. The van der Waals surface area contributed by atoms with Crippen LogP contribution in [0.15, 0.2) is 59.7 Å². The van der Waals surface area contributed by atoms with Crippen molar-refractivity contribution in [2.75, 3.05) is 0 Å². The summed E-state index contributed by atoms with van der Waals surface area (Å²) in [5.74, 6) is -0.340. The first kappa shape index (κ1) is 17.0. The van der Waals surface area contributed by atoms with Gasteiger partial charge < -0.3 is 10.3 Å². The lowest BCUT2D eigenvalue weighted by molar-refractivity contribution is -0.130. The van der Waals surface area contributed by atoms with Crippen molar-refractivity contribution >= 4 is 29.1 Å². The van der Waals surface area contributed by atoms with Gasteiger partial charge in [-0.3, -0.25) is 4.79 Å². The van der Waals surface area contributed by atoms with Crippen LogP contribution >= 0.6 is 0 Å². The number of fused-ring (bicyclic) bond motifs is 1. The van der Waals surface area contributed by atoms with Crippen LogP contribution in [-0.4, -0.2) is 33.7 Å². The van der Waals surface area contributed by atoms with Gasteiger partial charge in [-0.2, -0.15) is 5.10 Å². The van der Waals surface area contributed by atoms with E-state index in [0.717, 1.165) is 32.7 Å². The van der Waals surface area contributed by atoms with Gasteiger partial charge in [-0.1, -0.05) is 55.5 Å². The predicted molar refractivity (Wildman–Crippen MR) is 105 cm³/mol. The summed E-state index contributed by atoms with van der Waals surface area (Å²) in [6.45, 7) is 3.57. The molecule has 6 heteroatoms. The van der Waals surface area contributed by atoms with Crippen molar-refractivity contribution in [3.63, 3.8) is 0 Å². The Balaban J connectivity index is 1.79. The molecule has 0 spiro atoms. The van der Waals surface area contributed by atoms with Crippen LogP contribution in [0.2, 0.25) is 0 Å². The van der Waals surface area contributed by atoms with Gasteiger partial charge in [-0.25, -0.2) is 4.79 Å². The van der Waals surface area contributed by atoms with E-state index in [2.05, 4.69) is 15.4 Å². The molecular weight excluding hydrogens is 340 g/mol. The maximum atomic E-state index is 12.6. The zero-order chi connectivity index (χ0) is 19.0. The number of para-hydroxylation sites is 1. The van der Waals surface area contributed by atoms with Crippen molar-refractivity contribution in [1.82, 2.24) is 15.3 Å². The zero-order valence-corrected chi connectivity index (χ0v) is 15.2. The van der Waals surface area contributed by atoms with Gasteiger partial charge in [0.2, 0.25) is 0 Å². The number of carbonyl (C=O) groups is 2. The summed E-state index contributed by atoms with van der Waals surface area (Å²) in [6, 6.07) is 17.3. The molecule has 1 fully saturated rings. The molecular formula is C21H20N4O2. The van der Waals surface area contributed by atoms with Crippen molar-refractivity contribution < 1.29 is 9.59 Å². The van der Waals surface area contributed by atoms with Gasteiger partial charge in [0.25, 0.3) is 5.91 Å². The van der Waals surface area contributed by atoms with Gasteiger partial charge in [0.1, 0.15) is 5.54 Å². The number of urea groups is 1. The molecule has 2 aromatic carbocycles. The number of rotatable bonds is 4. The first-order valence-corrected chi connectivity index (χ1v) is 8.90. The van der Waals surface area contributed by atoms with Crippen LogP contribution < -0.4 is 5.32 Å². The number of carbonyl (C=O) groups excluding carboxylic acids is 2. The summed E-state index contributed by atoms with van der Waals surface area (Å²) < 4.78 is 0. The van der Waals surface area contributed by atoms with E-state index < -0.39 is 11.6 Å². The number of H-pyrrole nitrogens is 1. The normalized spacial score (nSPS) is 20.0. The molecule has 6 nitrogen and oxygen atoms in total. The van der Waals surface area contributed by atoms with Crippen LogP contribution in [0, 0.1) is 0 Å². The second kappa shape index (κ2) is 6.39. The lowest BCUT2D eigenvalue weighted by Gasteiger charge is -2.17. The molecule has 1 aliphatic rings. The van der Waals surface area contributed by atoms with Crippen molar-refractivity contribution in [3.8, 4) is 11.3 Å². The van der Waals surface area contributed by atoms with Gasteiger partial charge in [0.15, 0.2) is 0 Å². The van der Waals surface area contributed by atoms with Crippen molar-refractivity contribution in [1.29, 1.82) is 0 Å². The Hall–Kier alpha value is -3.41. The lowest BCUT2D eigenvalue weighted by atomic mass is 10.00. The van der Waals surface area contributed by atoms with Crippen LogP contribution in [0.3, 0.4) is 0 Å². The number of hydrogen-bond acceptors (Lipinski definition) is 3. The minimum Gasteiger partial charge on any atom is -0.354 e. The molecule has 0 aliphatic carbocycles. The molecule has 1 saturated heterocycles. The zero-order valence-electron chi connectivity index (χ0n) is 15.2. The summed E-state index contributed by atoms with van der Waals surface area (Å²) in [5, 5.41) is 8.84. The fourth-order valence-corrected chi connectivity index (χ4v) is 3.26. The average Bonchev–Trinajstić information content (AvgIpc) is 3.16. The maximum Gasteiger partial charge on any atom is 0.346 e. The molecule has 3 amide bonds. The van der Waals surface area contributed by atoms with Crippen LogP contribution in [0.5, 0.6) is 0 Å². The fraction of sp³-hybridized carbons (Fsp3) is 0.190. The van der Waals surface area contributed by atoms with E-state index in [0.29, 0.717) is 6.42 Å². The van der Waals surface area contributed by atoms with Crippen LogP contribution in [0.4, 0.5) is 4.79 Å². The van der Waals surface area contributed by atoms with E-state index in [1.54, 1.807) is 13.1 Å². The molecule has 2 N–H and O–H groups in total. The third-order valence-corrected chi connectivity index (χ3v) is 5.06. The van der Waals surface area contributed by atoms with Crippen molar-refractivity contribution in [2.45, 2.75) is 25.8 Å². The lowest BCUT2D eigenvalue weighted by Crippen LogP contribution is -2.42. The number of imide groups is 1.